The number of Topliss-reactive ketones (excluding diaryl/α,β-unsaturated/α-hetero) is 1. The van der Waals surface area contributed by atoms with Crippen molar-refractivity contribution in [3.8, 4) is 5.75 Å². The number of nitrogens with one attached hydrogen (secondary N) is 1. The fraction of sp³-hybridized carbons (Fsp3) is 0.316. The van der Waals surface area contributed by atoms with E-state index in [1.807, 2.05) is 0 Å². The fourth-order valence-electron chi connectivity index (χ4n) is 2.41. The minimum Gasteiger partial charge on any atom is -0.478 e. The zero-order valence-corrected chi connectivity index (χ0v) is 16.5. The van der Waals surface area contributed by atoms with Gasteiger partial charge >= 0.3 is 5.97 Å². The second-order valence-corrected chi connectivity index (χ2v) is 6.88. The highest BCUT2D eigenvalue weighted by molar-refractivity contribution is 7.18. The summed E-state index contributed by atoms with van der Waals surface area (Å²) in [6, 6.07) is 2.71. The number of anilines is 1. The summed E-state index contributed by atoms with van der Waals surface area (Å²) in [6.45, 7) is 6.07. The van der Waals surface area contributed by atoms with Gasteiger partial charge in [0.15, 0.2) is 23.5 Å². The monoisotopic (exact) mass is 411 g/mol. The molecule has 0 aliphatic rings. The van der Waals surface area contributed by atoms with Gasteiger partial charge in [0.1, 0.15) is 10.8 Å². The molecule has 150 valence electrons. The predicted octanol–water partition coefficient (Wildman–Crippen LogP) is 4.12. The van der Waals surface area contributed by atoms with Crippen LogP contribution >= 0.6 is 11.3 Å². The first kappa shape index (κ1) is 21.5. The van der Waals surface area contributed by atoms with Crippen molar-refractivity contribution >= 4 is 34.0 Å². The summed E-state index contributed by atoms with van der Waals surface area (Å²) in [7, 11) is 0. The number of carbonyl (C=O) groups is 3. The maximum absolute atomic E-state index is 13.7. The van der Waals surface area contributed by atoms with Crippen LogP contribution in [0.1, 0.15) is 46.4 Å². The summed E-state index contributed by atoms with van der Waals surface area (Å²) < 4.78 is 36.9. The lowest BCUT2D eigenvalue weighted by Crippen LogP contribution is -2.30. The number of thiophene rings is 1. The average molecular weight is 411 g/mol. The van der Waals surface area contributed by atoms with Crippen molar-refractivity contribution in [1.29, 1.82) is 0 Å². The Labute approximate surface area is 164 Å². The molecule has 2 aromatic rings. The molecule has 0 unspecified atom stereocenters. The molecule has 0 saturated carbocycles. The van der Waals surface area contributed by atoms with Crippen LogP contribution in [0.25, 0.3) is 0 Å². The summed E-state index contributed by atoms with van der Waals surface area (Å²) in [5.41, 5.74) is 0.495. The summed E-state index contributed by atoms with van der Waals surface area (Å²) in [6.07, 6.45) is -1.15. The van der Waals surface area contributed by atoms with Gasteiger partial charge < -0.3 is 14.8 Å². The number of rotatable bonds is 7. The molecule has 2 rings (SSSR count). The van der Waals surface area contributed by atoms with E-state index in [2.05, 4.69) is 5.32 Å². The van der Waals surface area contributed by atoms with Crippen molar-refractivity contribution in [2.45, 2.75) is 33.8 Å². The average Bonchev–Trinajstić information content (AvgIpc) is 2.93. The van der Waals surface area contributed by atoms with Gasteiger partial charge in [0.05, 0.1) is 17.0 Å². The third-order valence-electron chi connectivity index (χ3n) is 3.75. The molecule has 0 fully saturated rings. The second kappa shape index (κ2) is 8.92. The number of ether oxygens (including phenoxy) is 2. The van der Waals surface area contributed by atoms with E-state index in [0.29, 0.717) is 16.5 Å². The summed E-state index contributed by atoms with van der Waals surface area (Å²) >= 11 is 0.944. The quantitative estimate of drug-likeness (QED) is 0.548. The lowest BCUT2D eigenvalue weighted by Gasteiger charge is -2.15. The molecular weight excluding hydrogens is 392 g/mol. The van der Waals surface area contributed by atoms with Gasteiger partial charge in [-0.25, -0.2) is 13.6 Å². The highest BCUT2D eigenvalue weighted by atomic mass is 32.1. The SMILES string of the molecule is CCOC(=O)c1c(NC(=O)[C@@H](C)Oc2ccc(F)cc2F)sc(C(C)=O)c1C. The minimum absolute atomic E-state index is 0.0885. The smallest absolute Gasteiger partial charge is 0.341 e. The molecular formula is C19H19F2NO5S. The van der Waals surface area contributed by atoms with Gasteiger partial charge in [0.25, 0.3) is 5.91 Å². The molecule has 1 heterocycles. The van der Waals surface area contributed by atoms with Gasteiger partial charge in [-0.2, -0.15) is 0 Å². The molecule has 9 heteroatoms. The van der Waals surface area contributed by atoms with Crippen molar-refractivity contribution in [3.63, 3.8) is 0 Å². The molecule has 0 radical (unpaired) electrons. The standard InChI is InChI=1S/C19H19F2NO5S/c1-5-26-19(25)15-9(2)16(10(3)23)28-18(15)22-17(24)11(4)27-14-7-6-12(20)8-13(14)21/h6-8,11H,5H2,1-4H3,(H,22,24)/t11-/m1/s1. The van der Waals surface area contributed by atoms with E-state index in [0.717, 1.165) is 23.5 Å². The Bertz CT molecular complexity index is 925. The third-order valence-corrected chi connectivity index (χ3v) is 5.06. The number of amides is 1. The van der Waals surface area contributed by atoms with Crippen molar-refractivity contribution in [3.05, 3.63) is 45.8 Å². The Morgan fingerprint density at radius 2 is 1.93 bits per heavy atom. The zero-order chi connectivity index (χ0) is 21.0. The molecule has 1 atom stereocenters. The van der Waals surface area contributed by atoms with Crippen LogP contribution in [-0.4, -0.2) is 30.4 Å². The maximum atomic E-state index is 13.7. The number of carbonyl (C=O) groups excluding carboxylic acids is 3. The normalized spacial score (nSPS) is 11.6. The minimum atomic E-state index is -1.15. The van der Waals surface area contributed by atoms with Crippen LogP contribution in [0.5, 0.6) is 5.75 Å². The van der Waals surface area contributed by atoms with Crippen molar-refractivity contribution < 1.29 is 32.6 Å². The molecule has 1 N–H and O–H groups in total. The number of esters is 1. The van der Waals surface area contributed by atoms with Crippen LogP contribution in [-0.2, 0) is 9.53 Å². The highest BCUT2D eigenvalue weighted by Crippen LogP contribution is 2.34. The van der Waals surface area contributed by atoms with Gasteiger partial charge in [-0.15, -0.1) is 11.3 Å². The van der Waals surface area contributed by atoms with Crippen LogP contribution in [0.4, 0.5) is 13.8 Å². The Morgan fingerprint density at radius 1 is 1.25 bits per heavy atom. The van der Waals surface area contributed by atoms with Crippen molar-refractivity contribution in [1.82, 2.24) is 0 Å². The number of benzene rings is 1. The van der Waals surface area contributed by atoms with Gasteiger partial charge in [-0.1, -0.05) is 0 Å². The second-order valence-electron chi connectivity index (χ2n) is 5.86. The number of ketones is 1. The van der Waals surface area contributed by atoms with Gasteiger partial charge in [0.2, 0.25) is 0 Å². The van der Waals surface area contributed by atoms with Gasteiger partial charge in [0, 0.05) is 6.07 Å². The first-order valence-electron chi connectivity index (χ1n) is 8.39. The Kier molecular flexibility index (Phi) is 6.85. The molecule has 0 saturated heterocycles. The number of halogens is 2. The van der Waals surface area contributed by atoms with E-state index in [1.165, 1.54) is 13.8 Å². The lowest BCUT2D eigenvalue weighted by molar-refractivity contribution is -0.122. The Morgan fingerprint density at radius 3 is 2.50 bits per heavy atom. The zero-order valence-electron chi connectivity index (χ0n) is 15.7. The summed E-state index contributed by atoms with van der Waals surface area (Å²) in [5, 5.41) is 2.66. The van der Waals surface area contributed by atoms with E-state index in [1.54, 1.807) is 13.8 Å². The first-order chi connectivity index (χ1) is 13.1. The molecule has 1 aromatic heterocycles. The van der Waals surface area contributed by atoms with E-state index < -0.39 is 29.6 Å². The molecule has 1 aromatic carbocycles. The molecule has 6 nitrogen and oxygen atoms in total. The number of hydrogen-bond donors (Lipinski definition) is 1. The maximum Gasteiger partial charge on any atom is 0.341 e. The number of hydrogen-bond acceptors (Lipinski definition) is 6. The van der Waals surface area contributed by atoms with E-state index >= 15 is 0 Å². The van der Waals surface area contributed by atoms with Crippen LogP contribution in [0.3, 0.4) is 0 Å². The molecule has 0 bridgehead atoms. The molecule has 0 aliphatic carbocycles. The van der Waals surface area contributed by atoms with E-state index in [-0.39, 0.29) is 28.7 Å². The van der Waals surface area contributed by atoms with E-state index in [4.69, 9.17) is 9.47 Å². The largest absolute Gasteiger partial charge is 0.478 e. The molecule has 1 amide bonds. The van der Waals surface area contributed by atoms with Crippen LogP contribution in [0.2, 0.25) is 0 Å². The molecule has 0 aliphatic heterocycles. The molecule has 28 heavy (non-hydrogen) atoms. The first-order valence-corrected chi connectivity index (χ1v) is 9.21. The Hall–Kier alpha value is -2.81. The lowest BCUT2D eigenvalue weighted by atomic mass is 10.1. The third kappa shape index (κ3) is 4.72. The van der Waals surface area contributed by atoms with Gasteiger partial charge in [-0.3, -0.25) is 9.59 Å². The van der Waals surface area contributed by atoms with Gasteiger partial charge in [-0.05, 0) is 45.4 Å². The predicted molar refractivity (Wildman–Crippen MR) is 100 cm³/mol. The van der Waals surface area contributed by atoms with Crippen molar-refractivity contribution in [2.75, 3.05) is 11.9 Å². The van der Waals surface area contributed by atoms with Crippen LogP contribution in [0, 0.1) is 18.6 Å². The molecule has 0 spiro atoms. The summed E-state index contributed by atoms with van der Waals surface area (Å²) in [5.74, 6) is -3.61. The van der Waals surface area contributed by atoms with Crippen LogP contribution in [0.15, 0.2) is 18.2 Å². The topological polar surface area (TPSA) is 81.7 Å². The van der Waals surface area contributed by atoms with Crippen LogP contribution < -0.4 is 10.1 Å². The van der Waals surface area contributed by atoms with Crippen molar-refractivity contribution in [2.24, 2.45) is 0 Å². The fourth-order valence-corrected chi connectivity index (χ4v) is 3.51. The Balaban J connectivity index is 2.25. The highest BCUT2D eigenvalue weighted by Gasteiger charge is 2.27. The van der Waals surface area contributed by atoms with E-state index in [9.17, 15) is 23.2 Å². The summed E-state index contributed by atoms with van der Waals surface area (Å²) in [4.78, 5) is 36.8.